The molecule has 1 atom stereocenters. The summed E-state index contributed by atoms with van der Waals surface area (Å²) in [6.07, 6.45) is 0. The molecule has 3 rings (SSSR count). The molecule has 1 saturated heterocycles. The Kier molecular flexibility index (Phi) is 4.82. The van der Waals surface area contributed by atoms with E-state index in [0.29, 0.717) is 17.3 Å². The number of anilines is 1. The lowest BCUT2D eigenvalue weighted by Crippen LogP contribution is -2.27. The number of thioether (sulfide) groups is 1. The van der Waals surface area contributed by atoms with Gasteiger partial charge in [0, 0.05) is 10.2 Å². The number of methoxy groups -OCH3 is 2. The van der Waals surface area contributed by atoms with E-state index >= 15 is 0 Å². The first kappa shape index (κ1) is 16.2. The van der Waals surface area contributed by atoms with Crippen molar-refractivity contribution in [3.05, 3.63) is 52.5 Å². The largest absolute Gasteiger partial charge is 0.493 e. The van der Waals surface area contributed by atoms with Gasteiger partial charge in [-0.2, -0.15) is 0 Å². The Hall–Kier alpha value is -1.66. The van der Waals surface area contributed by atoms with Gasteiger partial charge in [-0.3, -0.25) is 9.69 Å². The molecular formula is C17H16BrNO3S. The molecule has 0 N–H and O–H groups in total. The lowest BCUT2D eigenvalue weighted by atomic mass is 10.1. The van der Waals surface area contributed by atoms with E-state index in [1.165, 1.54) is 0 Å². The van der Waals surface area contributed by atoms with Gasteiger partial charge in [0.2, 0.25) is 5.91 Å². The fourth-order valence-corrected chi connectivity index (χ4v) is 3.99. The molecular weight excluding hydrogens is 378 g/mol. The van der Waals surface area contributed by atoms with Crippen molar-refractivity contribution in [2.75, 3.05) is 24.9 Å². The molecule has 1 fully saturated rings. The molecule has 0 aromatic heterocycles. The third-order valence-electron chi connectivity index (χ3n) is 3.67. The van der Waals surface area contributed by atoms with Crippen LogP contribution in [0.2, 0.25) is 0 Å². The monoisotopic (exact) mass is 393 g/mol. The SMILES string of the molecule is COc1ccc(C2SCC(=O)N2c2ccc(Br)cc2)cc1OC. The molecule has 120 valence electrons. The minimum Gasteiger partial charge on any atom is -0.493 e. The molecule has 4 nitrogen and oxygen atoms in total. The zero-order valence-electron chi connectivity index (χ0n) is 12.8. The molecule has 1 aliphatic heterocycles. The van der Waals surface area contributed by atoms with Crippen LogP contribution in [0.1, 0.15) is 10.9 Å². The maximum Gasteiger partial charge on any atom is 0.238 e. The predicted octanol–water partition coefficient (Wildman–Crippen LogP) is 4.24. The normalized spacial score (nSPS) is 17.4. The summed E-state index contributed by atoms with van der Waals surface area (Å²) in [4.78, 5) is 14.2. The highest BCUT2D eigenvalue weighted by atomic mass is 79.9. The van der Waals surface area contributed by atoms with Crippen LogP contribution in [0.15, 0.2) is 46.9 Å². The number of halogens is 1. The summed E-state index contributed by atoms with van der Waals surface area (Å²) in [5.74, 6) is 1.92. The highest BCUT2D eigenvalue weighted by Crippen LogP contribution is 2.43. The second kappa shape index (κ2) is 6.84. The van der Waals surface area contributed by atoms with Gasteiger partial charge < -0.3 is 9.47 Å². The van der Waals surface area contributed by atoms with Gasteiger partial charge >= 0.3 is 0 Å². The molecule has 0 spiro atoms. The molecule has 1 aliphatic rings. The Labute approximate surface area is 147 Å². The van der Waals surface area contributed by atoms with Crippen molar-refractivity contribution in [3.63, 3.8) is 0 Å². The second-order valence-corrected chi connectivity index (χ2v) is 7.00. The highest BCUT2D eigenvalue weighted by molar-refractivity contribution is 9.10. The van der Waals surface area contributed by atoms with E-state index in [4.69, 9.17) is 9.47 Å². The smallest absolute Gasteiger partial charge is 0.238 e. The molecule has 0 bridgehead atoms. The first-order chi connectivity index (χ1) is 11.1. The number of nitrogens with zero attached hydrogens (tertiary/aromatic N) is 1. The topological polar surface area (TPSA) is 38.8 Å². The number of rotatable bonds is 4. The summed E-state index contributed by atoms with van der Waals surface area (Å²) in [6.45, 7) is 0. The fourth-order valence-electron chi connectivity index (χ4n) is 2.56. The van der Waals surface area contributed by atoms with Crippen LogP contribution in [0.4, 0.5) is 5.69 Å². The third-order valence-corrected chi connectivity index (χ3v) is 5.41. The van der Waals surface area contributed by atoms with Crippen LogP contribution in [0.5, 0.6) is 11.5 Å². The van der Waals surface area contributed by atoms with Crippen molar-refractivity contribution in [2.45, 2.75) is 5.37 Å². The van der Waals surface area contributed by atoms with Gasteiger partial charge in [0.25, 0.3) is 0 Å². The van der Waals surface area contributed by atoms with E-state index in [2.05, 4.69) is 15.9 Å². The van der Waals surface area contributed by atoms with Crippen molar-refractivity contribution in [3.8, 4) is 11.5 Å². The fraction of sp³-hybridized carbons (Fsp3) is 0.235. The summed E-state index contributed by atoms with van der Waals surface area (Å²) < 4.78 is 11.6. The van der Waals surface area contributed by atoms with Gasteiger partial charge in [0.15, 0.2) is 11.5 Å². The summed E-state index contributed by atoms with van der Waals surface area (Å²) in [5, 5.41) is -0.0662. The van der Waals surface area contributed by atoms with Crippen molar-refractivity contribution >= 4 is 39.3 Å². The molecule has 2 aromatic rings. The number of hydrogen-bond donors (Lipinski definition) is 0. The molecule has 0 saturated carbocycles. The minimum absolute atomic E-state index is 0.0662. The van der Waals surface area contributed by atoms with Crippen molar-refractivity contribution in [1.29, 1.82) is 0 Å². The lowest BCUT2D eigenvalue weighted by molar-refractivity contribution is -0.115. The number of amides is 1. The molecule has 2 aromatic carbocycles. The summed E-state index contributed by atoms with van der Waals surface area (Å²) >= 11 is 5.04. The van der Waals surface area contributed by atoms with Gasteiger partial charge in [-0.05, 0) is 42.0 Å². The zero-order chi connectivity index (χ0) is 16.4. The van der Waals surface area contributed by atoms with Crippen molar-refractivity contribution in [2.24, 2.45) is 0 Å². The van der Waals surface area contributed by atoms with E-state index in [-0.39, 0.29) is 11.3 Å². The summed E-state index contributed by atoms with van der Waals surface area (Å²) in [6, 6.07) is 13.6. The Balaban J connectivity index is 1.97. The Morgan fingerprint density at radius 1 is 1.09 bits per heavy atom. The van der Waals surface area contributed by atoms with Gasteiger partial charge in [-0.25, -0.2) is 0 Å². The molecule has 1 amide bonds. The molecule has 0 radical (unpaired) electrons. The molecule has 1 heterocycles. The van der Waals surface area contributed by atoms with Gasteiger partial charge in [0.1, 0.15) is 5.37 Å². The number of hydrogen-bond acceptors (Lipinski definition) is 4. The van der Waals surface area contributed by atoms with E-state index in [1.807, 2.05) is 47.4 Å². The average molecular weight is 394 g/mol. The van der Waals surface area contributed by atoms with E-state index < -0.39 is 0 Å². The standard InChI is InChI=1S/C17H16BrNO3S/c1-21-14-8-3-11(9-15(14)22-2)17-19(16(20)10-23-17)13-6-4-12(18)5-7-13/h3-9,17H,10H2,1-2H3. The number of carbonyl (C=O) groups is 1. The molecule has 6 heteroatoms. The average Bonchev–Trinajstić information content (AvgIpc) is 2.96. The lowest BCUT2D eigenvalue weighted by Gasteiger charge is -2.25. The minimum atomic E-state index is -0.0662. The summed E-state index contributed by atoms with van der Waals surface area (Å²) in [5.41, 5.74) is 1.91. The van der Waals surface area contributed by atoms with Crippen molar-refractivity contribution in [1.82, 2.24) is 0 Å². The molecule has 0 aliphatic carbocycles. The van der Waals surface area contributed by atoms with Gasteiger partial charge in [-0.15, -0.1) is 11.8 Å². The highest BCUT2D eigenvalue weighted by Gasteiger charge is 2.34. The van der Waals surface area contributed by atoms with Gasteiger partial charge in [0.05, 0.1) is 20.0 Å². The first-order valence-electron chi connectivity index (χ1n) is 7.05. The third kappa shape index (κ3) is 3.19. The van der Waals surface area contributed by atoms with Crippen molar-refractivity contribution < 1.29 is 14.3 Å². The predicted molar refractivity (Wildman–Crippen MR) is 96.4 cm³/mol. The van der Waals surface area contributed by atoms with E-state index in [9.17, 15) is 4.79 Å². The van der Waals surface area contributed by atoms with E-state index in [0.717, 1.165) is 15.7 Å². The van der Waals surface area contributed by atoms with Crippen LogP contribution < -0.4 is 14.4 Å². The van der Waals surface area contributed by atoms with Crippen LogP contribution in [-0.4, -0.2) is 25.9 Å². The van der Waals surface area contributed by atoms with Crippen LogP contribution >= 0.6 is 27.7 Å². The van der Waals surface area contributed by atoms with Crippen LogP contribution in [0.3, 0.4) is 0 Å². The van der Waals surface area contributed by atoms with Crippen LogP contribution in [-0.2, 0) is 4.79 Å². The maximum absolute atomic E-state index is 12.4. The van der Waals surface area contributed by atoms with E-state index in [1.54, 1.807) is 26.0 Å². The Morgan fingerprint density at radius 2 is 1.78 bits per heavy atom. The Morgan fingerprint density at radius 3 is 2.43 bits per heavy atom. The number of carbonyl (C=O) groups excluding carboxylic acids is 1. The zero-order valence-corrected chi connectivity index (χ0v) is 15.2. The molecule has 23 heavy (non-hydrogen) atoms. The van der Waals surface area contributed by atoms with Crippen LogP contribution in [0, 0.1) is 0 Å². The molecule has 1 unspecified atom stereocenters. The number of ether oxygens (including phenoxy) is 2. The second-order valence-electron chi connectivity index (χ2n) is 5.02. The first-order valence-corrected chi connectivity index (χ1v) is 8.89. The summed E-state index contributed by atoms with van der Waals surface area (Å²) in [7, 11) is 3.22. The maximum atomic E-state index is 12.4. The Bertz CT molecular complexity index is 720. The van der Waals surface area contributed by atoms with Gasteiger partial charge in [-0.1, -0.05) is 22.0 Å². The quantitative estimate of drug-likeness (QED) is 0.778. The van der Waals surface area contributed by atoms with Crippen LogP contribution in [0.25, 0.3) is 0 Å². The number of benzene rings is 2.